The molecule has 6 rings (SSSR count). The Hall–Kier alpha value is -3.59. The average Bonchev–Trinajstić information content (AvgIpc) is 3.11. The number of benzene rings is 3. The maximum atomic E-state index is 4.81. The average molecular weight is 432 g/mol. The fraction of sp³-hybridized carbons (Fsp3) is 0.233. The van der Waals surface area contributed by atoms with Gasteiger partial charge in [-0.1, -0.05) is 71.0 Å². The number of rotatable bonds is 1. The summed E-state index contributed by atoms with van der Waals surface area (Å²) in [4.78, 5) is 4.81. The first-order valence-electron chi connectivity index (χ1n) is 11.7. The molecule has 0 saturated carbocycles. The Balaban J connectivity index is 1.68. The van der Waals surface area contributed by atoms with Crippen LogP contribution < -0.4 is 5.32 Å². The zero-order valence-electron chi connectivity index (χ0n) is 19.9. The zero-order valence-corrected chi connectivity index (χ0v) is 19.9. The Bertz CT molecular complexity index is 1550. The lowest BCUT2D eigenvalue weighted by Crippen LogP contribution is -2.25. The van der Waals surface area contributed by atoms with Crippen molar-refractivity contribution in [3.63, 3.8) is 0 Å². The van der Waals surface area contributed by atoms with Crippen LogP contribution in [0.5, 0.6) is 0 Å². The number of nitrogens with zero attached hydrogens (tertiary/aromatic N) is 2. The smallest absolute Gasteiger partial charge is 0.137 e. The molecule has 0 bridgehead atoms. The van der Waals surface area contributed by atoms with E-state index in [9.17, 15) is 0 Å². The highest BCUT2D eigenvalue weighted by atomic mass is 15.1. The Labute approximate surface area is 195 Å². The van der Waals surface area contributed by atoms with E-state index in [4.69, 9.17) is 4.98 Å². The summed E-state index contributed by atoms with van der Waals surface area (Å²) in [7, 11) is 0. The molecule has 0 aliphatic carbocycles. The molecule has 0 unspecified atom stereocenters. The molecule has 3 heterocycles. The van der Waals surface area contributed by atoms with E-state index < -0.39 is 0 Å². The Kier molecular flexibility index (Phi) is 4.08. The van der Waals surface area contributed by atoms with Crippen LogP contribution in [0.1, 0.15) is 51.3 Å². The highest BCUT2D eigenvalue weighted by molar-refractivity contribution is 6.11. The fourth-order valence-electron chi connectivity index (χ4n) is 5.32. The molecule has 0 saturated heterocycles. The first kappa shape index (κ1) is 20.0. The molecule has 0 spiro atoms. The molecule has 2 aromatic heterocycles. The van der Waals surface area contributed by atoms with Crippen LogP contribution in [0.2, 0.25) is 0 Å². The number of nitrogens with one attached hydrogen (secondary N) is 1. The van der Waals surface area contributed by atoms with Gasteiger partial charge in [-0.05, 0) is 58.5 Å². The number of fused-ring (bicyclic) bond motifs is 5. The van der Waals surface area contributed by atoms with Gasteiger partial charge in [0, 0.05) is 33.8 Å². The molecule has 1 aliphatic rings. The minimum Gasteiger partial charge on any atom is -0.355 e. The molecular formula is C30H29N3. The topological polar surface area (TPSA) is 29.9 Å². The van der Waals surface area contributed by atoms with Crippen molar-refractivity contribution in [2.45, 2.75) is 45.4 Å². The van der Waals surface area contributed by atoms with Crippen LogP contribution in [0, 0.1) is 0 Å². The number of anilines is 2. The van der Waals surface area contributed by atoms with E-state index in [0.29, 0.717) is 0 Å². The second-order valence-electron chi connectivity index (χ2n) is 10.7. The van der Waals surface area contributed by atoms with Crippen LogP contribution >= 0.6 is 0 Å². The molecule has 0 amide bonds. The first-order chi connectivity index (χ1) is 15.7. The lowest BCUT2D eigenvalue weighted by molar-refractivity contribution is 0.588. The quantitative estimate of drug-likeness (QED) is 0.293. The van der Waals surface area contributed by atoms with Gasteiger partial charge in [0.2, 0.25) is 0 Å². The van der Waals surface area contributed by atoms with E-state index in [1.807, 2.05) is 6.20 Å². The van der Waals surface area contributed by atoms with Crippen molar-refractivity contribution < 1.29 is 0 Å². The van der Waals surface area contributed by atoms with E-state index in [-0.39, 0.29) is 10.8 Å². The predicted octanol–water partition coefficient (Wildman–Crippen LogP) is 7.86. The van der Waals surface area contributed by atoms with E-state index >= 15 is 0 Å². The van der Waals surface area contributed by atoms with Crippen molar-refractivity contribution >= 4 is 33.2 Å². The van der Waals surface area contributed by atoms with Crippen LogP contribution in [0.4, 0.5) is 11.4 Å². The summed E-state index contributed by atoms with van der Waals surface area (Å²) in [5.41, 5.74) is 8.63. The molecule has 3 heteroatoms. The Morgan fingerprint density at radius 1 is 0.758 bits per heavy atom. The second kappa shape index (κ2) is 6.71. The van der Waals surface area contributed by atoms with Gasteiger partial charge in [-0.3, -0.25) is 4.57 Å². The molecular weight excluding hydrogens is 402 g/mol. The van der Waals surface area contributed by atoms with Gasteiger partial charge in [0.25, 0.3) is 0 Å². The molecule has 1 aliphatic heterocycles. The molecule has 0 atom stereocenters. The summed E-state index contributed by atoms with van der Waals surface area (Å²) in [5.74, 6) is 0.962. The second-order valence-corrected chi connectivity index (χ2v) is 10.7. The van der Waals surface area contributed by atoms with Crippen molar-refractivity contribution in [1.29, 1.82) is 0 Å². The lowest BCUT2D eigenvalue weighted by Gasteiger charge is -2.35. The van der Waals surface area contributed by atoms with E-state index in [0.717, 1.165) is 5.82 Å². The van der Waals surface area contributed by atoms with Gasteiger partial charge in [-0.15, -0.1) is 0 Å². The van der Waals surface area contributed by atoms with Gasteiger partial charge in [0.05, 0.1) is 11.0 Å². The Morgan fingerprint density at radius 3 is 2.33 bits per heavy atom. The van der Waals surface area contributed by atoms with E-state index in [1.165, 1.54) is 49.9 Å². The van der Waals surface area contributed by atoms with Crippen molar-refractivity contribution in [2.75, 3.05) is 5.32 Å². The first-order valence-corrected chi connectivity index (χ1v) is 11.7. The van der Waals surface area contributed by atoms with E-state index in [1.54, 1.807) is 0 Å². The SMILES string of the molecule is CC(C)(C)c1ccnc(-n2c3ccccc3c3cc4c(cc32)Nc2ccccc2C4(C)C)c1. The Morgan fingerprint density at radius 2 is 1.52 bits per heavy atom. The predicted molar refractivity (Wildman–Crippen MR) is 139 cm³/mol. The van der Waals surface area contributed by atoms with E-state index in [2.05, 4.69) is 117 Å². The molecule has 3 aromatic carbocycles. The van der Waals surface area contributed by atoms with Gasteiger partial charge in [-0.25, -0.2) is 4.98 Å². The zero-order chi connectivity index (χ0) is 23.0. The maximum absolute atomic E-state index is 4.81. The summed E-state index contributed by atoms with van der Waals surface area (Å²) in [6, 6.07) is 26.4. The van der Waals surface area contributed by atoms with Crippen LogP contribution in [0.3, 0.4) is 0 Å². The van der Waals surface area contributed by atoms with Gasteiger partial charge >= 0.3 is 0 Å². The fourth-order valence-corrected chi connectivity index (χ4v) is 5.32. The monoisotopic (exact) mass is 431 g/mol. The molecule has 0 radical (unpaired) electrons. The number of pyridine rings is 1. The molecule has 33 heavy (non-hydrogen) atoms. The molecule has 0 fully saturated rings. The largest absolute Gasteiger partial charge is 0.355 e. The highest BCUT2D eigenvalue weighted by Crippen LogP contribution is 2.47. The molecule has 5 aromatic rings. The standard InChI is InChI=1S/C30H29N3/c1-29(2,3)19-14-15-31-28(16-19)33-26-13-9-6-10-20(26)21-17-23-25(18-27(21)33)32-24-12-8-7-11-22(24)30(23,4)5/h6-18,32H,1-5H3. The number of hydrogen-bond donors (Lipinski definition) is 1. The summed E-state index contributed by atoms with van der Waals surface area (Å²) in [5, 5.41) is 6.24. The van der Waals surface area contributed by atoms with Crippen LogP contribution in [0.15, 0.2) is 79.0 Å². The number of hydrogen-bond acceptors (Lipinski definition) is 2. The number of aromatic nitrogens is 2. The summed E-state index contributed by atoms with van der Waals surface area (Å²) in [6.45, 7) is 11.4. The normalized spacial score (nSPS) is 14.7. The van der Waals surface area contributed by atoms with Crippen molar-refractivity contribution in [2.24, 2.45) is 0 Å². The van der Waals surface area contributed by atoms with Gasteiger partial charge in [0.1, 0.15) is 5.82 Å². The minimum atomic E-state index is -0.0844. The molecule has 1 N–H and O–H groups in total. The van der Waals surface area contributed by atoms with Gasteiger partial charge < -0.3 is 5.32 Å². The van der Waals surface area contributed by atoms with Gasteiger partial charge in [0.15, 0.2) is 0 Å². The molecule has 164 valence electrons. The van der Waals surface area contributed by atoms with Crippen LogP contribution in [-0.2, 0) is 10.8 Å². The van der Waals surface area contributed by atoms with Crippen molar-refractivity contribution in [1.82, 2.24) is 9.55 Å². The minimum absolute atomic E-state index is 0.0604. The number of para-hydroxylation sites is 2. The summed E-state index contributed by atoms with van der Waals surface area (Å²) in [6.07, 6.45) is 1.94. The van der Waals surface area contributed by atoms with Crippen LogP contribution in [0.25, 0.3) is 27.6 Å². The summed E-state index contributed by atoms with van der Waals surface area (Å²) >= 11 is 0. The lowest BCUT2D eigenvalue weighted by atomic mass is 9.74. The third-order valence-corrected chi connectivity index (χ3v) is 7.20. The third kappa shape index (κ3) is 2.92. The highest BCUT2D eigenvalue weighted by Gasteiger charge is 2.33. The van der Waals surface area contributed by atoms with Gasteiger partial charge in [-0.2, -0.15) is 0 Å². The van der Waals surface area contributed by atoms with Crippen LogP contribution in [-0.4, -0.2) is 9.55 Å². The maximum Gasteiger partial charge on any atom is 0.137 e. The summed E-state index contributed by atoms with van der Waals surface area (Å²) < 4.78 is 2.31. The van der Waals surface area contributed by atoms with Crippen molar-refractivity contribution in [3.8, 4) is 5.82 Å². The third-order valence-electron chi connectivity index (χ3n) is 7.20. The molecule has 3 nitrogen and oxygen atoms in total. The van der Waals surface area contributed by atoms with Crippen molar-refractivity contribution in [3.05, 3.63) is 95.7 Å².